The van der Waals surface area contributed by atoms with E-state index in [9.17, 15) is 4.79 Å². The van der Waals surface area contributed by atoms with Gasteiger partial charge < -0.3 is 19.5 Å². The van der Waals surface area contributed by atoms with Gasteiger partial charge in [-0.25, -0.2) is 0 Å². The first kappa shape index (κ1) is 19.1. The highest BCUT2D eigenvalue weighted by atomic mass is 16.5. The van der Waals surface area contributed by atoms with E-state index in [0.29, 0.717) is 42.2 Å². The Hall–Kier alpha value is -3.20. The zero-order valence-corrected chi connectivity index (χ0v) is 15.2. The van der Waals surface area contributed by atoms with Crippen LogP contribution in [0.5, 0.6) is 17.2 Å². The van der Waals surface area contributed by atoms with E-state index in [0.717, 1.165) is 11.1 Å². The first-order chi connectivity index (χ1) is 12.6. The van der Waals surface area contributed by atoms with Crippen LogP contribution in [0.25, 0.3) is 0 Å². The van der Waals surface area contributed by atoms with Crippen LogP contribution in [-0.4, -0.2) is 27.2 Å². The molecule has 0 aliphatic rings. The molecule has 1 N–H and O–H groups in total. The lowest BCUT2D eigenvalue weighted by Gasteiger charge is -2.14. The van der Waals surface area contributed by atoms with Crippen molar-refractivity contribution in [3.05, 3.63) is 53.1 Å². The Balaban J connectivity index is 1.94. The third kappa shape index (κ3) is 4.90. The second-order valence-electron chi connectivity index (χ2n) is 5.60. The molecule has 2 aromatic rings. The monoisotopic (exact) mass is 354 g/mol. The Morgan fingerprint density at radius 3 is 2.19 bits per heavy atom. The average molecular weight is 354 g/mol. The number of nitrogens with zero attached hydrogens (tertiary/aromatic N) is 1. The largest absolute Gasteiger partial charge is 0.496 e. The molecule has 0 atom stereocenters. The molecule has 2 rings (SSSR count). The summed E-state index contributed by atoms with van der Waals surface area (Å²) in [5, 5.41) is 11.7. The number of methoxy groups -OCH3 is 3. The number of carbonyl (C=O) groups excluding carboxylic acids is 1. The van der Waals surface area contributed by atoms with Gasteiger partial charge >= 0.3 is 0 Å². The smallest absolute Gasteiger partial charge is 0.220 e. The van der Waals surface area contributed by atoms with Gasteiger partial charge in [0.2, 0.25) is 5.91 Å². The summed E-state index contributed by atoms with van der Waals surface area (Å²) in [7, 11) is 4.68. The molecule has 0 fully saturated rings. The van der Waals surface area contributed by atoms with Crippen LogP contribution in [0.3, 0.4) is 0 Å². The molecule has 0 saturated heterocycles. The number of nitriles is 1. The van der Waals surface area contributed by atoms with Crippen LogP contribution in [0.2, 0.25) is 0 Å². The highest BCUT2D eigenvalue weighted by molar-refractivity contribution is 5.76. The second kappa shape index (κ2) is 9.33. The summed E-state index contributed by atoms with van der Waals surface area (Å²) in [5.41, 5.74) is 2.43. The number of benzene rings is 2. The van der Waals surface area contributed by atoms with Crippen LogP contribution in [0.15, 0.2) is 36.4 Å². The molecule has 0 aliphatic heterocycles. The molecule has 1 amide bonds. The van der Waals surface area contributed by atoms with Crippen molar-refractivity contribution in [3.63, 3.8) is 0 Å². The van der Waals surface area contributed by atoms with Crippen molar-refractivity contribution in [3.8, 4) is 23.3 Å². The third-order valence-electron chi connectivity index (χ3n) is 3.99. The molecule has 0 radical (unpaired) electrons. The molecule has 136 valence electrons. The lowest BCUT2D eigenvalue weighted by Crippen LogP contribution is -2.23. The van der Waals surface area contributed by atoms with Gasteiger partial charge in [0.05, 0.1) is 33.0 Å². The van der Waals surface area contributed by atoms with Crippen LogP contribution in [0, 0.1) is 11.3 Å². The molecule has 2 aromatic carbocycles. The second-order valence-corrected chi connectivity index (χ2v) is 5.60. The fourth-order valence-electron chi connectivity index (χ4n) is 2.52. The quantitative estimate of drug-likeness (QED) is 0.788. The SMILES string of the molecule is COc1cc(OC)c(OC)cc1CNC(=O)CCc1ccc(C#N)cc1. The molecule has 0 aromatic heterocycles. The summed E-state index contributed by atoms with van der Waals surface area (Å²) >= 11 is 0. The van der Waals surface area contributed by atoms with Gasteiger partial charge in [-0.2, -0.15) is 5.26 Å². The summed E-state index contributed by atoms with van der Waals surface area (Å²) in [6.07, 6.45) is 0.974. The number of nitrogens with one attached hydrogen (secondary N) is 1. The maximum atomic E-state index is 12.1. The van der Waals surface area contributed by atoms with E-state index in [4.69, 9.17) is 19.5 Å². The van der Waals surface area contributed by atoms with E-state index < -0.39 is 0 Å². The molecule has 6 nitrogen and oxygen atoms in total. The summed E-state index contributed by atoms with van der Waals surface area (Å²) < 4.78 is 15.9. The first-order valence-corrected chi connectivity index (χ1v) is 8.16. The Labute approximate surface area is 153 Å². The molecule has 0 heterocycles. The number of hydrogen-bond donors (Lipinski definition) is 1. The molecule has 0 spiro atoms. The Kier molecular flexibility index (Phi) is 6.86. The van der Waals surface area contributed by atoms with Crippen LogP contribution in [-0.2, 0) is 17.8 Å². The number of aryl methyl sites for hydroxylation is 1. The normalized spacial score (nSPS) is 9.92. The third-order valence-corrected chi connectivity index (χ3v) is 3.99. The summed E-state index contributed by atoms with van der Waals surface area (Å²) in [4.78, 5) is 12.1. The van der Waals surface area contributed by atoms with Gasteiger partial charge in [0, 0.05) is 24.6 Å². The topological polar surface area (TPSA) is 80.6 Å². The maximum Gasteiger partial charge on any atom is 0.220 e. The predicted molar refractivity (Wildman–Crippen MR) is 97.4 cm³/mol. The molecule has 0 bridgehead atoms. The summed E-state index contributed by atoms with van der Waals surface area (Å²) in [5.74, 6) is 1.71. The van der Waals surface area contributed by atoms with Crippen molar-refractivity contribution >= 4 is 5.91 Å². The van der Waals surface area contributed by atoms with E-state index in [2.05, 4.69) is 11.4 Å². The number of hydrogen-bond acceptors (Lipinski definition) is 5. The van der Waals surface area contributed by atoms with Crippen LogP contribution < -0.4 is 19.5 Å². The molecule has 6 heteroatoms. The zero-order chi connectivity index (χ0) is 18.9. The lowest BCUT2D eigenvalue weighted by atomic mass is 10.1. The molecular weight excluding hydrogens is 332 g/mol. The average Bonchev–Trinajstić information content (AvgIpc) is 2.70. The highest BCUT2D eigenvalue weighted by Crippen LogP contribution is 2.34. The van der Waals surface area contributed by atoms with Gasteiger partial charge in [-0.15, -0.1) is 0 Å². The fraction of sp³-hybridized carbons (Fsp3) is 0.300. The molecular formula is C20H22N2O4. The minimum Gasteiger partial charge on any atom is -0.496 e. The van der Waals surface area contributed by atoms with Gasteiger partial charge in [-0.05, 0) is 30.2 Å². The van der Waals surface area contributed by atoms with Crippen molar-refractivity contribution in [2.24, 2.45) is 0 Å². The van der Waals surface area contributed by atoms with Gasteiger partial charge in [0.1, 0.15) is 5.75 Å². The van der Waals surface area contributed by atoms with E-state index in [-0.39, 0.29) is 5.91 Å². The maximum absolute atomic E-state index is 12.1. The number of rotatable bonds is 8. The van der Waals surface area contributed by atoms with Crippen molar-refractivity contribution in [2.45, 2.75) is 19.4 Å². The molecule has 26 heavy (non-hydrogen) atoms. The van der Waals surface area contributed by atoms with Crippen molar-refractivity contribution < 1.29 is 19.0 Å². The molecule has 0 unspecified atom stereocenters. The fourth-order valence-corrected chi connectivity index (χ4v) is 2.52. The number of carbonyl (C=O) groups is 1. The van der Waals surface area contributed by atoms with Gasteiger partial charge in [0.25, 0.3) is 0 Å². The summed E-state index contributed by atoms with van der Waals surface area (Å²) in [6, 6.07) is 12.8. The van der Waals surface area contributed by atoms with Crippen LogP contribution in [0.1, 0.15) is 23.1 Å². The van der Waals surface area contributed by atoms with Gasteiger partial charge in [0.15, 0.2) is 11.5 Å². The van der Waals surface area contributed by atoms with Crippen molar-refractivity contribution in [2.75, 3.05) is 21.3 Å². The van der Waals surface area contributed by atoms with E-state index in [1.165, 1.54) is 0 Å². The standard InChI is InChI=1S/C20H22N2O4/c1-24-17-11-19(26-3)18(25-2)10-16(17)13-22-20(23)9-8-14-4-6-15(12-21)7-5-14/h4-7,10-11H,8-9,13H2,1-3H3,(H,22,23). The Morgan fingerprint density at radius 2 is 1.62 bits per heavy atom. The van der Waals surface area contributed by atoms with Crippen molar-refractivity contribution in [1.82, 2.24) is 5.32 Å². The number of amides is 1. The van der Waals surface area contributed by atoms with Crippen molar-refractivity contribution in [1.29, 1.82) is 5.26 Å². The minimum absolute atomic E-state index is 0.0637. The molecule has 0 aliphatic carbocycles. The zero-order valence-electron chi connectivity index (χ0n) is 15.2. The lowest BCUT2D eigenvalue weighted by molar-refractivity contribution is -0.121. The van der Waals surface area contributed by atoms with Gasteiger partial charge in [-0.3, -0.25) is 4.79 Å². The minimum atomic E-state index is -0.0637. The van der Waals surface area contributed by atoms with E-state index in [1.807, 2.05) is 12.1 Å². The first-order valence-electron chi connectivity index (χ1n) is 8.16. The molecule has 0 saturated carbocycles. The van der Waals surface area contributed by atoms with Gasteiger partial charge in [-0.1, -0.05) is 12.1 Å². The predicted octanol–water partition coefficient (Wildman–Crippen LogP) is 2.83. The van der Waals surface area contributed by atoms with E-state index in [1.54, 1.807) is 45.6 Å². The number of ether oxygens (including phenoxy) is 3. The Morgan fingerprint density at radius 1 is 1.00 bits per heavy atom. The van der Waals surface area contributed by atoms with Crippen LogP contribution >= 0.6 is 0 Å². The van der Waals surface area contributed by atoms with Crippen LogP contribution in [0.4, 0.5) is 0 Å². The summed E-state index contributed by atoms with van der Waals surface area (Å²) in [6.45, 7) is 0.329. The Bertz CT molecular complexity index is 795. The van der Waals surface area contributed by atoms with E-state index >= 15 is 0 Å². The highest BCUT2D eigenvalue weighted by Gasteiger charge is 2.12.